The third kappa shape index (κ3) is 5.26. The first-order valence-electron chi connectivity index (χ1n) is 7.46. The Bertz CT molecular complexity index is 596. The van der Waals surface area contributed by atoms with Gasteiger partial charge in [-0.1, -0.05) is 23.7 Å². The van der Waals surface area contributed by atoms with Crippen LogP contribution in [0.4, 0.5) is 0 Å². The summed E-state index contributed by atoms with van der Waals surface area (Å²) in [5.74, 6) is -0.337. The number of hydrogen-bond acceptors (Lipinski definition) is 3. The van der Waals surface area contributed by atoms with E-state index in [1.807, 2.05) is 12.1 Å². The molecule has 0 aromatic heterocycles. The normalized spacial score (nSPS) is 15.9. The molecule has 1 N–H and O–H groups in total. The lowest BCUT2D eigenvalue weighted by Gasteiger charge is -2.15. The van der Waals surface area contributed by atoms with E-state index in [4.69, 9.17) is 11.6 Å². The van der Waals surface area contributed by atoms with Crippen molar-refractivity contribution in [2.24, 2.45) is 0 Å². The second-order valence-electron chi connectivity index (χ2n) is 5.40. The lowest BCUT2D eigenvalue weighted by molar-refractivity contribution is -0.120. The van der Waals surface area contributed by atoms with Gasteiger partial charge >= 0.3 is 0 Å². The third-order valence-electron chi connectivity index (χ3n) is 3.69. The van der Waals surface area contributed by atoms with E-state index in [9.17, 15) is 13.2 Å². The van der Waals surface area contributed by atoms with Crippen LogP contribution in [0.2, 0.25) is 5.02 Å². The topological polar surface area (TPSA) is 66.5 Å². The summed E-state index contributed by atoms with van der Waals surface area (Å²) < 4.78 is 25.5. The summed E-state index contributed by atoms with van der Waals surface area (Å²) in [5, 5.41) is 3.43. The molecule has 1 heterocycles. The van der Waals surface area contributed by atoms with Gasteiger partial charge < -0.3 is 5.32 Å². The van der Waals surface area contributed by atoms with Gasteiger partial charge in [0, 0.05) is 31.1 Å². The summed E-state index contributed by atoms with van der Waals surface area (Å²) in [5.41, 5.74) is 1.08. The van der Waals surface area contributed by atoms with Crippen LogP contribution in [0, 0.1) is 0 Å². The van der Waals surface area contributed by atoms with Crippen molar-refractivity contribution >= 4 is 27.5 Å². The number of amides is 1. The monoisotopic (exact) mass is 344 g/mol. The largest absolute Gasteiger partial charge is 0.356 e. The zero-order valence-electron chi connectivity index (χ0n) is 12.4. The molecular weight excluding hydrogens is 324 g/mol. The van der Waals surface area contributed by atoms with E-state index in [1.54, 1.807) is 12.1 Å². The summed E-state index contributed by atoms with van der Waals surface area (Å²) in [6.45, 7) is 1.66. The van der Waals surface area contributed by atoms with Crippen LogP contribution in [0.3, 0.4) is 0 Å². The van der Waals surface area contributed by atoms with E-state index in [0.29, 0.717) is 31.1 Å². The molecule has 1 saturated heterocycles. The highest BCUT2D eigenvalue weighted by Gasteiger charge is 2.25. The van der Waals surface area contributed by atoms with Crippen molar-refractivity contribution in [1.29, 1.82) is 0 Å². The van der Waals surface area contributed by atoms with Crippen molar-refractivity contribution in [2.75, 3.05) is 25.4 Å². The lowest BCUT2D eigenvalue weighted by atomic mass is 10.1. The van der Waals surface area contributed by atoms with Gasteiger partial charge in [-0.05, 0) is 37.0 Å². The molecule has 22 heavy (non-hydrogen) atoms. The second kappa shape index (κ2) is 7.94. The number of halogens is 1. The molecule has 7 heteroatoms. The molecule has 0 radical (unpaired) electrons. The highest BCUT2D eigenvalue weighted by atomic mass is 35.5. The fourth-order valence-electron chi connectivity index (χ4n) is 2.40. The molecule has 5 nitrogen and oxygen atoms in total. The minimum Gasteiger partial charge on any atom is -0.356 e. The summed E-state index contributed by atoms with van der Waals surface area (Å²) in [6, 6.07) is 7.43. The SMILES string of the molecule is O=C(CCS(=O)(=O)N1CCCC1)NCCc1ccc(Cl)cc1. The number of nitrogens with one attached hydrogen (secondary N) is 1. The molecule has 1 aliphatic heterocycles. The quantitative estimate of drug-likeness (QED) is 0.820. The Labute approximate surface area is 136 Å². The van der Waals surface area contributed by atoms with Gasteiger partial charge in [-0.25, -0.2) is 12.7 Å². The number of sulfonamides is 1. The number of carbonyl (C=O) groups is 1. The van der Waals surface area contributed by atoms with Crippen LogP contribution in [0.25, 0.3) is 0 Å². The minimum absolute atomic E-state index is 0.0133. The van der Waals surface area contributed by atoms with Gasteiger partial charge in [0.15, 0.2) is 0 Å². The molecule has 0 unspecified atom stereocenters. The first-order valence-corrected chi connectivity index (χ1v) is 9.45. The van der Waals surface area contributed by atoms with Gasteiger partial charge in [0.25, 0.3) is 0 Å². The Morgan fingerprint density at radius 2 is 1.82 bits per heavy atom. The van der Waals surface area contributed by atoms with Gasteiger partial charge in [0.05, 0.1) is 5.75 Å². The average molecular weight is 345 g/mol. The highest BCUT2D eigenvalue weighted by Crippen LogP contribution is 2.13. The Hall–Kier alpha value is -1.11. The van der Waals surface area contributed by atoms with Crippen LogP contribution in [0.1, 0.15) is 24.8 Å². The maximum absolute atomic E-state index is 12.0. The van der Waals surface area contributed by atoms with Crippen LogP contribution in [-0.4, -0.2) is 44.0 Å². The number of carbonyl (C=O) groups excluding carboxylic acids is 1. The zero-order chi connectivity index (χ0) is 16.0. The molecule has 1 aromatic rings. The lowest BCUT2D eigenvalue weighted by Crippen LogP contribution is -2.33. The fourth-order valence-corrected chi connectivity index (χ4v) is 4.04. The molecule has 1 aromatic carbocycles. The first-order chi connectivity index (χ1) is 10.5. The van der Waals surface area contributed by atoms with E-state index < -0.39 is 10.0 Å². The molecule has 2 rings (SSSR count). The van der Waals surface area contributed by atoms with Crippen LogP contribution < -0.4 is 5.32 Å². The Kier molecular flexibility index (Phi) is 6.23. The Morgan fingerprint density at radius 1 is 1.18 bits per heavy atom. The Morgan fingerprint density at radius 3 is 2.45 bits per heavy atom. The van der Waals surface area contributed by atoms with Gasteiger partial charge in [0.2, 0.25) is 15.9 Å². The summed E-state index contributed by atoms with van der Waals surface area (Å²) in [4.78, 5) is 11.7. The smallest absolute Gasteiger partial charge is 0.221 e. The molecule has 1 amide bonds. The summed E-state index contributed by atoms with van der Waals surface area (Å²) in [7, 11) is -3.28. The van der Waals surface area contributed by atoms with Crippen molar-refractivity contribution in [3.8, 4) is 0 Å². The number of hydrogen-bond donors (Lipinski definition) is 1. The van der Waals surface area contributed by atoms with Crippen molar-refractivity contribution in [1.82, 2.24) is 9.62 Å². The van der Waals surface area contributed by atoms with Crippen molar-refractivity contribution in [3.05, 3.63) is 34.9 Å². The zero-order valence-corrected chi connectivity index (χ0v) is 14.0. The molecule has 1 fully saturated rings. The molecule has 1 aliphatic rings. The molecule has 122 valence electrons. The number of benzene rings is 1. The second-order valence-corrected chi connectivity index (χ2v) is 7.92. The van der Waals surface area contributed by atoms with E-state index in [-0.39, 0.29) is 18.1 Å². The Balaban J connectivity index is 1.68. The van der Waals surface area contributed by atoms with Crippen LogP contribution in [-0.2, 0) is 21.2 Å². The predicted molar refractivity (Wildman–Crippen MR) is 87.4 cm³/mol. The van der Waals surface area contributed by atoms with Crippen molar-refractivity contribution in [2.45, 2.75) is 25.7 Å². The molecular formula is C15H21ClN2O3S. The van der Waals surface area contributed by atoms with E-state index in [1.165, 1.54) is 4.31 Å². The number of rotatable bonds is 7. The molecule has 0 atom stereocenters. The highest BCUT2D eigenvalue weighted by molar-refractivity contribution is 7.89. The van der Waals surface area contributed by atoms with E-state index in [0.717, 1.165) is 18.4 Å². The van der Waals surface area contributed by atoms with Gasteiger partial charge in [-0.2, -0.15) is 0 Å². The fraction of sp³-hybridized carbons (Fsp3) is 0.533. The molecule has 0 saturated carbocycles. The summed E-state index contributed by atoms with van der Waals surface area (Å²) in [6.07, 6.45) is 2.53. The molecule has 0 spiro atoms. The van der Waals surface area contributed by atoms with Gasteiger partial charge in [-0.15, -0.1) is 0 Å². The van der Waals surface area contributed by atoms with E-state index >= 15 is 0 Å². The van der Waals surface area contributed by atoms with Gasteiger partial charge in [-0.3, -0.25) is 4.79 Å². The van der Waals surface area contributed by atoms with Gasteiger partial charge in [0.1, 0.15) is 0 Å². The van der Waals surface area contributed by atoms with Crippen molar-refractivity contribution < 1.29 is 13.2 Å². The first kappa shape index (κ1) is 17.2. The van der Waals surface area contributed by atoms with E-state index in [2.05, 4.69) is 5.32 Å². The number of nitrogens with zero attached hydrogens (tertiary/aromatic N) is 1. The predicted octanol–water partition coefficient (Wildman–Crippen LogP) is 1.81. The molecule has 0 bridgehead atoms. The molecule has 0 aliphatic carbocycles. The maximum Gasteiger partial charge on any atom is 0.221 e. The standard InChI is InChI=1S/C15H21ClN2O3S/c16-14-5-3-13(4-6-14)7-9-17-15(19)8-12-22(20,21)18-10-1-2-11-18/h3-6H,1-2,7-12H2,(H,17,19). The van der Waals surface area contributed by atoms with Crippen LogP contribution >= 0.6 is 11.6 Å². The van der Waals surface area contributed by atoms with Crippen LogP contribution in [0.15, 0.2) is 24.3 Å². The third-order valence-corrected chi connectivity index (χ3v) is 5.82. The minimum atomic E-state index is -3.28. The van der Waals surface area contributed by atoms with Crippen molar-refractivity contribution in [3.63, 3.8) is 0 Å². The average Bonchev–Trinajstić information content (AvgIpc) is 3.02. The summed E-state index contributed by atoms with van der Waals surface area (Å²) >= 11 is 5.80. The van der Waals surface area contributed by atoms with Crippen LogP contribution in [0.5, 0.6) is 0 Å². The maximum atomic E-state index is 12.0.